The van der Waals surface area contributed by atoms with Gasteiger partial charge in [0.05, 0.1) is 52.0 Å². The molecule has 3 aromatic rings. The number of nitrogens with one attached hydrogen (secondary N) is 1. The predicted molar refractivity (Wildman–Crippen MR) is 225 cm³/mol. The Morgan fingerprint density at radius 1 is 1.03 bits per heavy atom. The minimum atomic E-state index is -4.35. The first-order valence-electron chi connectivity index (χ1n) is 21.7. The van der Waals surface area contributed by atoms with Crippen LogP contribution in [0.2, 0.25) is 0 Å². The van der Waals surface area contributed by atoms with Crippen LogP contribution < -0.4 is 9.46 Å². The molecule has 3 amide bonds. The van der Waals surface area contributed by atoms with Crippen molar-refractivity contribution in [1.29, 1.82) is 0 Å². The highest BCUT2D eigenvalue weighted by molar-refractivity contribution is 7.90. The van der Waals surface area contributed by atoms with E-state index in [-0.39, 0.29) is 58.2 Å². The number of allylic oxidation sites excluding steroid dienone is 1. The zero-order valence-electron chi connectivity index (χ0n) is 35.4. The van der Waals surface area contributed by atoms with Crippen LogP contribution in [0.15, 0.2) is 55.3 Å². The van der Waals surface area contributed by atoms with E-state index in [4.69, 9.17) is 9.72 Å². The molecular formula is C46H54F3N5O7S. The van der Waals surface area contributed by atoms with Crippen molar-refractivity contribution >= 4 is 44.4 Å². The van der Waals surface area contributed by atoms with Gasteiger partial charge in [-0.05, 0) is 92.0 Å². The van der Waals surface area contributed by atoms with Crippen LogP contribution in [-0.2, 0) is 42.0 Å². The van der Waals surface area contributed by atoms with Crippen molar-refractivity contribution in [3.63, 3.8) is 0 Å². The van der Waals surface area contributed by atoms with E-state index < -0.39 is 85.7 Å². The fourth-order valence-corrected chi connectivity index (χ4v) is 11.1. The third kappa shape index (κ3) is 8.72. The highest BCUT2D eigenvalue weighted by Gasteiger charge is 2.61. The Bertz CT molecular complexity index is 2390. The van der Waals surface area contributed by atoms with Crippen molar-refractivity contribution < 1.29 is 45.5 Å². The van der Waals surface area contributed by atoms with Gasteiger partial charge in [0.25, 0.3) is 0 Å². The number of likely N-dealkylation sites (tertiary alicyclic amines) is 2. The maximum Gasteiger partial charge on any atom is 0.391 e. The number of aryl methyl sites for hydroxylation is 2. The number of Topliss-reactive ketones (excluding diaryl/α,β-unsaturated/α-hetero) is 1. The normalized spacial score (nSPS) is 24.7. The van der Waals surface area contributed by atoms with E-state index in [1.54, 1.807) is 33.0 Å². The fourth-order valence-electron chi connectivity index (χ4n) is 9.71. The monoisotopic (exact) mass is 877 g/mol. The number of aromatic nitrogens is 2. The number of sulfonamides is 1. The van der Waals surface area contributed by atoms with E-state index in [2.05, 4.69) is 22.4 Å². The largest absolute Gasteiger partial charge is 0.488 e. The Morgan fingerprint density at radius 3 is 2.40 bits per heavy atom. The van der Waals surface area contributed by atoms with E-state index in [1.165, 1.54) is 15.4 Å². The van der Waals surface area contributed by atoms with E-state index in [0.717, 1.165) is 35.7 Å². The Hall–Kier alpha value is -4.86. The molecule has 4 fully saturated rings. The summed E-state index contributed by atoms with van der Waals surface area (Å²) in [6, 6.07) is 10.3. The summed E-state index contributed by atoms with van der Waals surface area (Å²) in [5.74, 6) is -4.57. The van der Waals surface area contributed by atoms with Crippen molar-refractivity contribution in [3.8, 4) is 17.1 Å². The van der Waals surface area contributed by atoms with Crippen LogP contribution in [0.3, 0.4) is 0 Å². The number of hydrogen-bond acceptors (Lipinski definition) is 9. The van der Waals surface area contributed by atoms with Gasteiger partial charge in [0.2, 0.25) is 27.7 Å². The molecule has 3 aliphatic carbocycles. The van der Waals surface area contributed by atoms with Crippen LogP contribution in [0.1, 0.15) is 89.7 Å². The Labute approximate surface area is 360 Å². The zero-order valence-corrected chi connectivity index (χ0v) is 36.2. The lowest BCUT2D eigenvalue weighted by Gasteiger charge is -2.37. The highest BCUT2D eigenvalue weighted by atomic mass is 32.2. The fraction of sp³-hybridized carbons (Fsp3) is 0.565. The molecule has 2 saturated carbocycles. The lowest BCUT2D eigenvalue weighted by molar-refractivity contribution is -0.186. The number of nitrogens with zero attached hydrogens (tertiary/aromatic N) is 4. The number of hydrogen-bond donors (Lipinski definition) is 1. The number of ether oxygens (including phenoxy) is 1. The van der Waals surface area contributed by atoms with Gasteiger partial charge in [-0.25, -0.2) is 13.4 Å². The summed E-state index contributed by atoms with van der Waals surface area (Å²) in [5.41, 5.74) is 2.19. The summed E-state index contributed by atoms with van der Waals surface area (Å²) in [4.78, 5) is 69.7. The SMILES string of the molecule is C=C[C@@H]1C[C@]1(CC(=O)[C@@H]1C[C@@H](Oc2cc(-c3ccccn3)nc3c4c(ccc23)CCC4)CN1C(=O)[C@@H](CC(=O)N1CCC(C(F)(F)F)CC1)C(C)(C)C)C(=O)NS(=O)(=O)C1CC1. The zero-order chi connectivity index (χ0) is 44.4. The molecule has 12 nitrogen and oxygen atoms in total. The number of amides is 3. The van der Waals surface area contributed by atoms with E-state index in [1.807, 2.05) is 30.3 Å². The first-order valence-corrected chi connectivity index (χ1v) is 23.2. The van der Waals surface area contributed by atoms with Crippen molar-refractivity contribution in [1.82, 2.24) is 24.5 Å². The number of ketones is 1. The van der Waals surface area contributed by atoms with Crippen molar-refractivity contribution in [2.75, 3.05) is 19.6 Å². The lowest BCUT2D eigenvalue weighted by atomic mass is 9.77. The number of pyridine rings is 2. The first-order chi connectivity index (χ1) is 29.3. The van der Waals surface area contributed by atoms with Crippen LogP contribution >= 0.6 is 0 Å². The summed E-state index contributed by atoms with van der Waals surface area (Å²) in [7, 11) is -3.92. The van der Waals surface area contributed by atoms with Gasteiger partial charge < -0.3 is 14.5 Å². The second kappa shape index (κ2) is 16.4. The molecule has 0 spiro atoms. The van der Waals surface area contributed by atoms with E-state index in [0.29, 0.717) is 30.0 Å². The summed E-state index contributed by atoms with van der Waals surface area (Å²) < 4.78 is 75.2. The number of piperidine rings is 1. The molecule has 16 heteroatoms. The quantitative estimate of drug-likeness (QED) is 0.184. The number of halogens is 3. The third-order valence-corrected chi connectivity index (χ3v) is 15.6. The summed E-state index contributed by atoms with van der Waals surface area (Å²) in [6.07, 6.45) is 1.00. The minimum Gasteiger partial charge on any atom is -0.488 e. The Kier molecular flexibility index (Phi) is 11.6. The maximum atomic E-state index is 15.0. The topological polar surface area (TPSA) is 156 Å². The molecule has 2 aromatic heterocycles. The second-order valence-electron chi connectivity index (χ2n) is 19.0. The molecule has 62 heavy (non-hydrogen) atoms. The number of benzene rings is 1. The van der Waals surface area contributed by atoms with Gasteiger partial charge in [-0.2, -0.15) is 13.2 Å². The van der Waals surface area contributed by atoms with Crippen LogP contribution in [0, 0.1) is 28.6 Å². The summed E-state index contributed by atoms with van der Waals surface area (Å²) in [6.45, 7) is 9.05. The number of alkyl halides is 3. The van der Waals surface area contributed by atoms with Crippen LogP contribution in [0.25, 0.3) is 22.3 Å². The van der Waals surface area contributed by atoms with Crippen LogP contribution in [-0.4, -0.2) is 94.9 Å². The van der Waals surface area contributed by atoms with Gasteiger partial charge in [-0.15, -0.1) is 6.58 Å². The molecule has 0 unspecified atom stereocenters. The molecule has 332 valence electrons. The number of carbonyl (C=O) groups is 4. The van der Waals surface area contributed by atoms with Gasteiger partial charge in [0.1, 0.15) is 11.9 Å². The molecule has 0 bridgehead atoms. The summed E-state index contributed by atoms with van der Waals surface area (Å²) >= 11 is 0. The highest BCUT2D eigenvalue weighted by Crippen LogP contribution is 2.57. The predicted octanol–water partition coefficient (Wildman–Crippen LogP) is 6.75. The van der Waals surface area contributed by atoms with E-state index >= 15 is 0 Å². The molecule has 0 radical (unpaired) electrons. The molecule has 5 aliphatic rings. The number of rotatable bonds is 13. The molecule has 1 N–H and O–H groups in total. The van der Waals surface area contributed by atoms with Crippen LogP contribution in [0.5, 0.6) is 5.75 Å². The molecule has 1 aromatic carbocycles. The van der Waals surface area contributed by atoms with Gasteiger partial charge >= 0.3 is 6.18 Å². The van der Waals surface area contributed by atoms with Gasteiger partial charge in [-0.3, -0.25) is 28.9 Å². The van der Waals surface area contributed by atoms with Crippen LogP contribution in [0.4, 0.5) is 13.2 Å². The molecule has 2 aliphatic heterocycles. The Balaban J connectivity index is 1.11. The molecule has 8 rings (SSSR count). The third-order valence-electron chi connectivity index (χ3n) is 13.7. The average molecular weight is 878 g/mol. The lowest BCUT2D eigenvalue weighted by Crippen LogP contribution is -2.50. The van der Waals surface area contributed by atoms with Crippen molar-refractivity contribution in [2.45, 2.75) is 115 Å². The van der Waals surface area contributed by atoms with Gasteiger partial charge in [0, 0.05) is 50.0 Å². The molecule has 4 heterocycles. The average Bonchev–Trinajstić information content (AvgIpc) is 4.12. The smallest absolute Gasteiger partial charge is 0.391 e. The number of fused-ring (bicyclic) bond motifs is 3. The number of carbonyl (C=O) groups excluding carboxylic acids is 4. The maximum absolute atomic E-state index is 15.0. The van der Waals surface area contributed by atoms with E-state index in [9.17, 15) is 40.8 Å². The van der Waals surface area contributed by atoms with Gasteiger partial charge in [0.15, 0.2) is 5.78 Å². The first kappa shape index (κ1) is 43.8. The van der Waals surface area contributed by atoms with Crippen molar-refractivity contribution in [3.05, 3.63) is 66.4 Å². The standard InChI is InChI=1S/C46H54F3N5O7S/c1-5-28-24-45(28,43(58)52-62(59,60)31-13-14-31)25-38(55)37-21-30(26-54(37)42(57)34(44(2,3)4)22-40(56)53-19-16-29(17-20-53)46(47,48)49)61-39-23-36(35-11-6-7-18-50-35)51-41-32-10-8-9-27(32)12-15-33(39)41/h5-7,11-12,15,18,23,28-31,34,37H,1,8-10,13-14,16-17,19-22,24-26H2,2-4H3,(H,52,58)/t28-,30-,34-,37+,45-/m1/s1. The minimum absolute atomic E-state index is 0.0409. The molecule has 2 saturated heterocycles. The molecule has 5 atom stereocenters. The van der Waals surface area contributed by atoms with Crippen molar-refractivity contribution in [2.24, 2.45) is 28.6 Å². The summed E-state index contributed by atoms with van der Waals surface area (Å²) in [5, 5.41) is 0.113. The van der Waals surface area contributed by atoms with Gasteiger partial charge in [-0.1, -0.05) is 39.0 Å². The Morgan fingerprint density at radius 2 is 1.77 bits per heavy atom. The second-order valence-corrected chi connectivity index (χ2v) is 21.0. The molecular weight excluding hydrogens is 824 g/mol.